The Morgan fingerprint density at radius 1 is 0.914 bits per heavy atom. The first-order valence-corrected chi connectivity index (χ1v) is 13.0. The van der Waals surface area contributed by atoms with Crippen molar-refractivity contribution in [2.45, 2.75) is 16.8 Å². The van der Waals surface area contributed by atoms with E-state index in [-0.39, 0.29) is 27.3 Å². The number of hydrogen-bond donors (Lipinski definition) is 0. The van der Waals surface area contributed by atoms with Gasteiger partial charge in [-0.1, -0.05) is 47.5 Å². The molecule has 9 heteroatoms. The predicted octanol–water partition coefficient (Wildman–Crippen LogP) is 5.60. The number of hydrogen-bond acceptors (Lipinski definition) is 6. The van der Waals surface area contributed by atoms with E-state index in [0.29, 0.717) is 31.2 Å². The number of aryl methyl sites for hydroxylation is 1. The van der Waals surface area contributed by atoms with Gasteiger partial charge in [0.25, 0.3) is 0 Å². The van der Waals surface area contributed by atoms with Crippen molar-refractivity contribution < 1.29 is 17.2 Å². The van der Waals surface area contributed by atoms with Crippen molar-refractivity contribution in [2.24, 2.45) is 0 Å². The maximum absolute atomic E-state index is 14.5. The molecule has 5 rings (SSSR count). The number of rotatable bonds is 5. The van der Waals surface area contributed by atoms with E-state index in [1.807, 2.05) is 36.1 Å². The van der Waals surface area contributed by atoms with Crippen LogP contribution in [-0.2, 0) is 9.84 Å². The zero-order valence-electron chi connectivity index (χ0n) is 19.0. The summed E-state index contributed by atoms with van der Waals surface area (Å²) < 4.78 is 47.7. The van der Waals surface area contributed by atoms with E-state index < -0.39 is 15.7 Å². The summed E-state index contributed by atoms with van der Waals surface area (Å²) in [6.45, 7) is 4.12. The lowest BCUT2D eigenvalue weighted by Crippen LogP contribution is -2.46. The van der Waals surface area contributed by atoms with E-state index in [2.05, 4.69) is 9.88 Å². The van der Waals surface area contributed by atoms with Gasteiger partial charge in [-0.2, -0.15) is 4.98 Å². The number of nitrogens with zero attached hydrogens (tertiary/aromatic N) is 3. The third-order valence-corrected chi connectivity index (χ3v) is 7.91. The van der Waals surface area contributed by atoms with Crippen LogP contribution < -0.4 is 9.80 Å². The van der Waals surface area contributed by atoms with Crippen molar-refractivity contribution in [3.8, 4) is 11.5 Å². The molecule has 1 aromatic heterocycles. The van der Waals surface area contributed by atoms with Crippen molar-refractivity contribution in [3.05, 3.63) is 89.2 Å². The van der Waals surface area contributed by atoms with Gasteiger partial charge in [-0.15, -0.1) is 0 Å². The molecule has 2 heterocycles. The smallest absolute Gasteiger partial charge is 0.236 e. The molecule has 0 radical (unpaired) electrons. The second-order valence-electron chi connectivity index (χ2n) is 8.38. The molecule has 0 spiro atoms. The van der Waals surface area contributed by atoms with E-state index in [9.17, 15) is 12.8 Å². The van der Waals surface area contributed by atoms with Crippen molar-refractivity contribution in [1.82, 2.24) is 4.98 Å². The van der Waals surface area contributed by atoms with Crippen LogP contribution >= 0.6 is 11.6 Å². The molecule has 4 aromatic rings. The minimum atomic E-state index is -4.01. The zero-order chi connectivity index (χ0) is 24.6. The molecule has 3 aromatic carbocycles. The number of sulfone groups is 1. The lowest BCUT2D eigenvalue weighted by Gasteiger charge is -2.36. The lowest BCUT2D eigenvalue weighted by molar-refractivity contribution is 0.521. The average Bonchev–Trinajstić information content (AvgIpc) is 3.31. The molecule has 1 aliphatic rings. The van der Waals surface area contributed by atoms with Crippen LogP contribution in [0.1, 0.15) is 5.56 Å². The number of aromatic nitrogens is 1. The fourth-order valence-corrected chi connectivity index (χ4v) is 5.60. The van der Waals surface area contributed by atoms with Crippen molar-refractivity contribution in [2.75, 3.05) is 36.0 Å². The van der Waals surface area contributed by atoms with Gasteiger partial charge in [-0.05, 0) is 49.4 Å². The predicted molar refractivity (Wildman–Crippen MR) is 134 cm³/mol. The molecule has 0 aliphatic carbocycles. The van der Waals surface area contributed by atoms with Crippen molar-refractivity contribution in [3.63, 3.8) is 0 Å². The summed E-state index contributed by atoms with van der Waals surface area (Å²) in [6.07, 6.45) is 0. The molecule has 6 nitrogen and oxygen atoms in total. The first-order chi connectivity index (χ1) is 16.8. The molecule has 180 valence electrons. The fraction of sp³-hybridized carbons (Fsp3) is 0.192. The normalized spacial score (nSPS) is 14.4. The summed E-state index contributed by atoms with van der Waals surface area (Å²) in [5.74, 6) is -0.485. The molecular formula is C26H23ClFN3O3S. The van der Waals surface area contributed by atoms with Crippen LogP contribution in [0.2, 0.25) is 5.02 Å². The second-order valence-corrected chi connectivity index (χ2v) is 10.7. The second kappa shape index (κ2) is 9.36. The molecule has 1 aliphatic heterocycles. The number of oxazole rings is 1. The summed E-state index contributed by atoms with van der Waals surface area (Å²) in [5, 5.41) is 0.442. The van der Waals surface area contributed by atoms with Crippen LogP contribution in [0.5, 0.6) is 0 Å². The Morgan fingerprint density at radius 2 is 1.60 bits per heavy atom. The first-order valence-electron chi connectivity index (χ1n) is 11.2. The first kappa shape index (κ1) is 23.4. The largest absolute Gasteiger partial charge is 0.419 e. The topological polar surface area (TPSA) is 66.7 Å². The van der Waals surface area contributed by atoms with E-state index in [0.717, 1.165) is 11.3 Å². The van der Waals surface area contributed by atoms with Gasteiger partial charge in [0.05, 0.1) is 10.5 Å². The number of benzene rings is 3. The SMILES string of the molecule is Cc1ccc(S(=O)(=O)c2nc(-c3ccccc3F)oc2N2CCN(c3cccc(Cl)c3)CC2)cc1. The third kappa shape index (κ3) is 4.63. The number of anilines is 2. The Labute approximate surface area is 208 Å². The molecule has 0 saturated carbocycles. The quantitative estimate of drug-likeness (QED) is 0.347. The fourth-order valence-electron chi connectivity index (χ4n) is 4.09. The van der Waals surface area contributed by atoms with Crippen LogP contribution in [-0.4, -0.2) is 39.6 Å². The van der Waals surface area contributed by atoms with Gasteiger partial charge in [-0.3, -0.25) is 0 Å². The summed E-state index contributed by atoms with van der Waals surface area (Å²) in [7, 11) is -4.01. The van der Waals surface area contributed by atoms with Crippen LogP contribution in [0, 0.1) is 12.7 Å². The third-order valence-electron chi connectivity index (χ3n) is 6.01. The summed E-state index contributed by atoms with van der Waals surface area (Å²) in [4.78, 5) is 8.43. The van der Waals surface area contributed by atoms with Crippen LogP contribution in [0.15, 0.2) is 87.1 Å². The van der Waals surface area contributed by atoms with Gasteiger partial charge >= 0.3 is 0 Å². The highest BCUT2D eigenvalue weighted by atomic mass is 35.5. The van der Waals surface area contributed by atoms with Crippen molar-refractivity contribution in [1.29, 1.82) is 0 Å². The molecule has 35 heavy (non-hydrogen) atoms. The molecule has 0 amide bonds. The minimum absolute atomic E-state index is 0.0685. The zero-order valence-corrected chi connectivity index (χ0v) is 20.6. The highest BCUT2D eigenvalue weighted by Crippen LogP contribution is 2.36. The lowest BCUT2D eigenvalue weighted by atomic mass is 10.2. The van der Waals surface area contributed by atoms with E-state index in [1.54, 1.807) is 36.4 Å². The Kier molecular flexibility index (Phi) is 6.25. The Balaban J connectivity index is 1.52. The molecular weight excluding hydrogens is 489 g/mol. The monoisotopic (exact) mass is 511 g/mol. The van der Waals surface area contributed by atoms with E-state index in [1.165, 1.54) is 12.1 Å². The van der Waals surface area contributed by atoms with Gasteiger partial charge < -0.3 is 14.2 Å². The molecule has 0 atom stereocenters. The van der Waals surface area contributed by atoms with E-state index >= 15 is 0 Å². The Morgan fingerprint density at radius 3 is 2.29 bits per heavy atom. The van der Waals surface area contributed by atoms with E-state index in [4.69, 9.17) is 16.0 Å². The molecule has 0 bridgehead atoms. The summed E-state index contributed by atoms with van der Waals surface area (Å²) in [6, 6.07) is 20.2. The van der Waals surface area contributed by atoms with Gasteiger partial charge in [0.1, 0.15) is 5.82 Å². The van der Waals surface area contributed by atoms with Crippen LogP contribution in [0.4, 0.5) is 16.0 Å². The average molecular weight is 512 g/mol. The number of halogens is 2. The maximum atomic E-state index is 14.5. The Hall–Kier alpha value is -3.36. The van der Waals surface area contributed by atoms with Gasteiger partial charge in [0.2, 0.25) is 26.6 Å². The maximum Gasteiger partial charge on any atom is 0.236 e. The molecule has 1 fully saturated rings. The standard InChI is InChI=1S/C26H23ClFN3O3S/c1-18-9-11-21(12-10-18)35(32,33)25-26(34-24(29-25)22-7-2-3-8-23(22)28)31-15-13-30(14-16-31)20-6-4-5-19(27)17-20/h2-12,17H,13-16H2,1H3. The van der Waals surface area contributed by atoms with Crippen LogP contribution in [0.25, 0.3) is 11.5 Å². The van der Waals surface area contributed by atoms with Gasteiger partial charge in [-0.25, -0.2) is 12.8 Å². The van der Waals surface area contributed by atoms with Gasteiger partial charge in [0.15, 0.2) is 0 Å². The Bertz CT molecular complexity index is 1460. The molecule has 0 N–H and O–H groups in total. The van der Waals surface area contributed by atoms with Crippen LogP contribution in [0.3, 0.4) is 0 Å². The minimum Gasteiger partial charge on any atom is -0.419 e. The van der Waals surface area contributed by atoms with Crippen molar-refractivity contribution >= 4 is 33.0 Å². The molecule has 1 saturated heterocycles. The van der Waals surface area contributed by atoms with Gasteiger partial charge in [0, 0.05) is 36.9 Å². The highest BCUT2D eigenvalue weighted by Gasteiger charge is 2.33. The highest BCUT2D eigenvalue weighted by molar-refractivity contribution is 7.91. The number of piperazine rings is 1. The summed E-state index contributed by atoms with van der Waals surface area (Å²) >= 11 is 6.14. The summed E-state index contributed by atoms with van der Waals surface area (Å²) in [5.41, 5.74) is 2.04. The molecule has 0 unspecified atom stereocenters.